The van der Waals surface area contributed by atoms with E-state index in [1.165, 1.54) is 10.9 Å². The van der Waals surface area contributed by atoms with Crippen LogP contribution in [0.1, 0.15) is 12.5 Å². The maximum Gasteiger partial charge on any atom is 0.0647 e. The van der Waals surface area contributed by atoms with Gasteiger partial charge in [0.15, 0.2) is 0 Å². The van der Waals surface area contributed by atoms with Gasteiger partial charge in [0, 0.05) is 17.6 Å². The first kappa shape index (κ1) is 9.56. The number of aromatic amines is 1. The number of para-hydroxylation sites is 1. The average Bonchev–Trinajstić information content (AvgIpc) is 2.49. The first-order valence-electron chi connectivity index (χ1n) is 4.68. The Labute approximate surface area is 88.1 Å². The van der Waals surface area contributed by atoms with Gasteiger partial charge in [0.25, 0.3) is 0 Å². The second-order valence-corrected chi connectivity index (χ2v) is 4.06. The predicted octanol–water partition coefficient (Wildman–Crippen LogP) is 2.71. The number of aromatic nitrogens is 1. The Morgan fingerprint density at radius 1 is 1.50 bits per heavy atom. The van der Waals surface area contributed by atoms with Crippen LogP contribution in [0.25, 0.3) is 10.9 Å². The van der Waals surface area contributed by atoms with Crippen molar-refractivity contribution in [1.82, 2.24) is 4.98 Å². The summed E-state index contributed by atoms with van der Waals surface area (Å²) in [6.07, 6.45) is 2.86. The monoisotopic (exact) mass is 208 g/mol. The fourth-order valence-corrected chi connectivity index (χ4v) is 1.92. The van der Waals surface area contributed by atoms with Crippen molar-refractivity contribution < 1.29 is 0 Å². The van der Waals surface area contributed by atoms with Crippen LogP contribution in [0.5, 0.6) is 0 Å². The molecule has 0 aliphatic heterocycles. The number of nitrogens with two attached hydrogens (primary N) is 1. The number of rotatable bonds is 2. The molecule has 0 spiro atoms. The molecule has 0 aliphatic carbocycles. The SMILES string of the molecule is CC(N)Cc1c[nH]c2c(Cl)cccc12. The Hall–Kier alpha value is -0.990. The van der Waals surface area contributed by atoms with E-state index in [1.807, 2.05) is 25.3 Å². The summed E-state index contributed by atoms with van der Waals surface area (Å²) in [5.74, 6) is 0. The van der Waals surface area contributed by atoms with Gasteiger partial charge in [0.1, 0.15) is 0 Å². The molecule has 3 N–H and O–H groups in total. The van der Waals surface area contributed by atoms with Gasteiger partial charge in [-0.2, -0.15) is 0 Å². The van der Waals surface area contributed by atoms with Gasteiger partial charge in [-0.05, 0) is 25.0 Å². The Kier molecular flexibility index (Phi) is 2.48. The Morgan fingerprint density at radius 2 is 2.29 bits per heavy atom. The zero-order chi connectivity index (χ0) is 10.1. The first-order chi connectivity index (χ1) is 6.68. The van der Waals surface area contributed by atoms with E-state index in [2.05, 4.69) is 11.1 Å². The summed E-state index contributed by atoms with van der Waals surface area (Å²) >= 11 is 6.04. The molecule has 0 radical (unpaired) electrons. The third-order valence-electron chi connectivity index (χ3n) is 2.29. The van der Waals surface area contributed by atoms with Crippen molar-refractivity contribution in [3.05, 3.63) is 35.0 Å². The number of halogens is 1. The van der Waals surface area contributed by atoms with Gasteiger partial charge >= 0.3 is 0 Å². The van der Waals surface area contributed by atoms with Crippen LogP contribution in [0.15, 0.2) is 24.4 Å². The highest BCUT2D eigenvalue weighted by Gasteiger charge is 2.07. The first-order valence-corrected chi connectivity index (χ1v) is 5.06. The largest absolute Gasteiger partial charge is 0.360 e. The van der Waals surface area contributed by atoms with Crippen molar-refractivity contribution in [2.75, 3.05) is 0 Å². The highest BCUT2D eigenvalue weighted by molar-refractivity contribution is 6.35. The molecule has 0 saturated carbocycles. The maximum atomic E-state index is 6.04. The van der Waals surface area contributed by atoms with Crippen molar-refractivity contribution in [1.29, 1.82) is 0 Å². The lowest BCUT2D eigenvalue weighted by Crippen LogP contribution is -2.17. The summed E-state index contributed by atoms with van der Waals surface area (Å²) < 4.78 is 0. The minimum atomic E-state index is 0.174. The number of hydrogen-bond donors (Lipinski definition) is 2. The Bertz CT molecular complexity index is 445. The fraction of sp³-hybridized carbons (Fsp3) is 0.273. The van der Waals surface area contributed by atoms with Crippen molar-refractivity contribution >= 4 is 22.5 Å². The highest BCUT2D eigenvalue weighted by Crippen LogP contribution is 2.25. The van der Waals surface area contributed by atoms with Crippen LogP contribution in [0.4, 0.5) is 0 Å². The predicted molar refractivity (Wildman–Crippen MR) is 60.7 cm³/mol. The summed E-state index contributed by atoms with van der Waals surface area (Å²) in [6.45, 7) is 2.00. The summed E-state index contributed by atoms with van der Waals surface area (Å²) in [5, 5.41) is 1.94. The average molecular weight is 209 g/mol. The van der Waals surface area contributed by atoms with E-state index in [1.54, 1.807) is 0 Å². The van der Waals surface area contributed by atoms with E-state index < -0.39 is 0 Å². The van der Waals surface area contributed by atoms with Gasteiger partial charge in [-0.1, -0.05) is 23.7 Å². The normalized spacial score (nSPS) is 13.4. The highest BCUT2D eigenvalue weighted by atomic mass is 35.5. The lowest BCUT2D eigenvalue weighted by atomic mass is 10.1. The molecular formula is C11H13ClN2. The molecule has 1 atom stereocenters. The summed E-state index contributed by atoms with van der Waals surface area (Å²) in [6, 6.07) is 6.09. The van der Waals surface area contributed by atoms with Gasteiger partial charge < -0.3 is 10.7 Å². The number of nitrogens with one attached hydrogen (secondary N) is 1. The molecule has 0 amide bonds. The van der Waals surface area contributed by atoms with Gasteiger partial charge in [-0.3, -0.25) is 0 Å². The second-order valence-electron chi connectivity index (χ2n) is 3.66. The Morgan fingerprint density at radius 3 is 3.00 bits per heavy atom. The van der Waals surface area contributed by atoms with E-state index >= 15 is 0 Å². The number of H-pyrrole nitrogens is 1. The third-order valence-corrected chi connectivity index (χ3v) is 2.61. The van der Waals surface area contributed by atoms with Crippen molar-refractivity contribution in [2.24, 2.45) is 5.73 Å². The fourth-order valence-electron chi connectivity index (χ4n) is 1.69. The smallest absolute Gasteiger partial charge is 0.0647 e. The van der Waals surface area contributed by atoms with Crippen LogP contribution in [-0.4, -0.2) is 11.0 Å². The van der Waals surface area contributed by atoms with Gasteiger partial charge in [-0.25, -0.2) is 0 Å². The number of fused-ring (bicyclic) bond motifs is 1. The molecule has 2 aromatic rings. The van der Waals surface area contributed by atoms with E-state index in [4.69, 9.17) is 17.3 Å². The quantitative estimate of drug-likeness (QED) is 0.783. The third kappa shape index (κ3) is 1.63. The lowest BCUT2D eigenvalue weighted by Gasteiger charge is -2.02. The van der Waals surface area contributed by atoms with Gasteiger partial charge in [0.2, 0.25) is 0 Å². The van der Waals surface area contributed by atoms with Crippen molar-refractivity contribution in [3.8, 4) is 0 Å². The molecule has 1 aromatic heterocycles. The lowest BCUT2D eigenvalue weighted by molar-refractivity contribution is 0.741. The molecule has 2 nitrogen and oxygen atoms in total. The van der Waals surface area contributed by atoms with Gasteiger partial charge in [-0.15, -0.1) is 0 Å². The van der Waals surface area contributed by atoms with E-state index in [-0.39, 0.29) is 6.04 Å². The molecule has 0 saturated heterocycles. The topological polar surface area (TPSA) is 41.8 Å². The zero-order valence-corrected chi connectivity index (χ0v) is 8.81. The van der Waals surface area contributed by atoms with Crippen molar-refractivity contribution in [3.63, 3.8) is 0 Å². The van der Waals surface area contributed by atoms with E-state index in [0.717, 1.165) is 17.0 Å². The van der Waals surface area contributed by atoms with Crippen LogP contribution in [0.2, 0.25) is 5.02 Å². The molecule has 2 rings (SSSR count). The second kappa shape index (κ2) is 3.64. The van der Waals surface area contributed by atoms with Crippen molar-refractivity contribution in [2.45, 2.75) is 19.4 Å². The standard InChI is InChI=1S/C11H13ClN2/c1-7(13)5-8-6-14-11-9(8)3-2-4-10(11)12/h2-4,6-7,14H,5,13H2,1H3. The molecule has 1 unspecified atom stereocenters. The minimum absolute atomic E-state index is 0.174. The van der Waals surface area contributed by atoms with Crippen LogP contribution in [-0.2, 0) is 6.42 Å². The molecular weight excluding hydrogens is 196 g/mol. The molecule has 1 heterocycles. The molecule has 0 aliphatic rings. The number of benzene rings is 1. The van der Waals surface area contributed by atoms with Crippen LogP contribution in [0, 0.1) is 0 Å². The molecule has 74 valence electrons. The minimum Gasteiger partial charge on any atom is -0.360 e. The molecule has 1 aromatic carbocycles. The molecule has 14 heavy (non-hydrogen) atoms. The van der Waals surface area contributed by atoms with Crippen LogP contribution < -0.4 is 5.73 Å². The molecule has 0 bridgehead atoms. The molecule has 0 fully saturated rings. The number of hydrogen-bond acceptors (Lipinski definition) is 1. The maximum absolute atomic E-state index is 6.04. The molecule has 3 heteroatoms. The van der Waals surface area contributed by atoms with E-state index in [9.17, 15) is 0 Å². The summed E-state index contributed by atoms with van der Waals surface area (Å²) in [5.41, 5.74) is 8.00. The Balaban J connectivity index is 2.52. The van der Waals surface area contributed by atoms with Crippen LogP contribution in [0.3, 0.4) is 0 Å². The van der Waals surface area contributed by atoms with E-state index in [0.29, 0.717) is 0 Å². The van der Waals surface area contributed by atoms with Crippen LogP contribution >= 0.6 is 11.6 Å². The van der Waals surface area contributed by atoms with Gasteiger partial charge in [0.05, 0.1) is 10.5 Å². The summed E-state index contributed by atoms with van der Waals surface area (Å²) in [4.78, 5) is 3.17. The summed E-state index contributed by atoms with van der Waals surface area (Å²) in [7, 11) is 0. The zero-order valence-electron chi connectivity index (χ0n) is 8.05.